The molecule has 0 spiro atoms. The van der Waals surface area contributed by atoms with Gasteiger partial charge in [0.1, 0.15) is 0 Å². The minimum Gasteiger partial charge on any atom is -0.393 e. The van der Waals surface area contributed by atoms with Crippen LogP contribution in [-0.4, -0.2) is 22.0 Å². The first-order chi connectivity index (χ1) is 7.91. The summed E-state index contributed by atoms with van der Waals surface area (Å²) in [5.74, 6) is -0.369. The Labute approximate surface area is 105 Å². The number of nitrogens with zero attached hydrogens (tertiary/aromatic N) is 1. The third-order valence-corrected chi connectivity index (χ3v) is 2.82. The molecular formula is C11H15N3O2S. The van der Waals surface area contributed by atoms with E-state index in [1.807, 2.05) is 6.92 Å². The first kappa shape index (κ1) is 13.4. The lowest BCUT2D eigenvalue weighted by molar-refractivity contribution is 0.0951. The number of aromatic nitrogens is 1. The highest BCUT2D eigenvalue weighted by Gasteiger charge is 2.10. The van der Waals surface area contributed by atoms with Gasteiger partial charge in [-0.1, -0.05) is 19.1 Å². The van der Waals surface area contributed by atoms with Crippen LogP contribution in [0.4, 0.5) is 0 Å². The van der Waals surface area contributed by atoms with Crippen molar-refractivity contribution in [2.45, 2.75) is 6.92 Å². The Morgan fingerprint density at radius 1 is 1.65 bits per heavy atom. The fourth-order valence-corrected chi connectivity index (χ4v) is 1.22. The molecule has 1 rings (SSSR count). The predicted molar refractivity (Wildman–Crippen MR) is 70.0 cm³/mol. The molecule has 0 aliphatic rings. The molecule has 1 aromatic rings. The SMILES string of the molecule is CC(CNC(=O)c1ccn(C)c(=O)c1)C(N)=S. The summed E-state index contributed by atoms with van der Waals surface area (Å²) in [5.41, 5.74) is 5.55. The Hall–Kier alpha value is -1.69. The van der Waals surface area contributed by atoms with Gasteiger partial charge in [0.15, 0.2) is 0 Å². The molecule has 1 amide bonds. The molecule has 1 atom stereocenters. The van der Waals surface area contributed by atoms with Crippen LogP contribution in [0.3, 0.4) is 0 Å². The Kier molecular flexibility index (Phi) is 4.39. The van der Waals surface area contributed by atoms with Crippen molar-refractivity contribution >= 4 is 23.1 Å². The first-order valence-corrected chi connectivity index (χ1v) is 5.57. The number of carbonyl (C=O) groups excluding carboxylic acids is 1. The highest BCUT2D eigenvalue weighted by molar-refractivity contribution is 7.80. The highest BCUT2D eigenvalue weighted by atomic mass is 32.1. The van der Waals surface area contributed by atoms with E-state index in [1.54, 1.807) is 19.3 Å². The fraction of sp³-hybridized carbons (Fsp3) is 0.364. The van der Waals surface area contributed by atoms with E-state index >= 15 is 0 Å². The topological polar surface area (TPSA) is 77.1 Å². The first-order valence-electron chi connectivity index (χ1n) is 5.16. The minimum absolute atomic E-state index is 0.0690. The Morgan fingerprint density at radius 2 is 2.29 bits per heavy atom. The van der Waals surface area contributed by atoms with Crippen molar-refractivity contribution in [3.05, 3.63) is 34.2 Å². The second-order valence-electron chi connectivity index (χ2n) is 3.88. The van der Waals surface area contributed by atoms with E-state index in [1.165, 1.54) is 10.6 Å². The number of rotatable bonds is 4. The van der Waals surface area contributed by atoms with E-state index in [9.17, 15) is 9.59 Å². The molecule has 0 radical (unpaired) electrons. The molecule has 1 heterocycles. The number of nitrogens with two attached hydrogens (primary N) is 1. The Morgan fingerprint density at radius 3 is 2.82 bits per heavy atom. The number of carbonyl (C=O) groups is 1. The molecule has 0 fully saturated rings. The van der Waals surface area contributed by atoms with Gasteiger partial charge in [0, 0.05) is 37.3 Å². The second-order valence-corrected chi connectivity index (χ2v) is 4.35. The maximum Gasteiger partial charge on any atom is 0.251 e. The smallest absolute Gasteiger partial charge is 0.251 e. The lowest BCUT2D eigenvalue weighted by Gasteiger charge is -2.10. The average molecular weight is 253 g/mol. The number of hydrogen-bond acceptors (Lipinski definition) is 3. The van der Waals surface area contributed by atoms with Crippen LogP contribution in [0, 0.1) is 5.92 Å². The van der Waals surface area contributed by atoms with E-state index in [0.717, 1.165) is 0 Å². The zero-order valence-corrected chi connectivity index (χ0v) is 10.6. The molecule has 3 N–H and O–H groups in total. The van der Waals surface area contributed by atoms with Gasteiger partial charge >= 0.3 is 0 Å². The van der Waals surface area contributed by atoms with E-state index in [0.29, 0.717) is 17.1 Å². The van der Waals surface area contributed by atoms with Crippen LogP contribution in [0.15, 0.2) is 23.1 Å². The molecule has 6 heteroatoms. The lowest BCUT2D eigenvalue weighted by atomic mass is 10.1. The zero-order valence-electron chi connectivity index (χ0n) is 9.77. The number of hydrogen-bond donors (Lipinski definition) is 2. The zero-order chi connectivity index (χ0) is 13.0. The van der Waals surface area contributed by atoms with E-state index in [4.69, 9.17) is 18.0 Å². The maximum atomic E-state index is 11.7. The summed E-state index contributed by atoms with van der Waals surface area (Å²) in [6.07, 6.45) is 1.55. The Bertz CT molecular complexity index is 496. The summed E-state index contributed by atoms with van der Waals surface area (Å²) in [6, 6.07) is 2.88. The van der Waals surface area contributed by atoms with Crippen LogP contribution in [0.25, 0.3) is 0 Å². The van der Waals surface area contributed by atoms with Crippen molar-refractivity contribution in [1.29, 1.82) is 0 Å². The van der Waals surface area contributed by atoms with Gasteiger partial charge in [-0.2, -0.15) is 0 Å². The van der Waals surface area contributed by atoms with Crippen molar-refractivity contribution in [2.75, 3.05) is 6.54 Å². The molecule has 0 saturated heterocycles. The molecule has 92 valence electrons. The Balaban J connectivity index is 2.67. The summed E-state index contributed by atoms with van der Waals surface area (Å²) in [7, 11) is 1.62. The highest BCUT2D eigenvalue weighted by Crippen LogP contribution is 1.97. The third-order valence-electron chi connectivity index (χ3n) is 2.42. The number of pyridine rings is 1. The van der Waals surface area contributed by atoms with Gasteiger partial charge in [-0.3, -0.25) is 9.59 Å². The molecule has 0 aliphatic heterocycles. The lowest BCUT2D eigenvalue weighted by Crippen LogP contribution is -2.34. The van der Waals surface area contributed by atoms with Gasteiger partial charge < -0.3 is 15.6 Å². The normalized spacial score (nSPS) is 11.9. The fourth-order valence-electron chi connectivity index (χ4n) is 1.14. The molecule has 0 saturated carbocycles. The largest absolute Gasteiger partial charge is 0.393 e. The summed E-state index contributed by atoms with van der Waals surface area (Å²) in [4.78, 5) is 23.4. The molecule has 1 unspecified atom stereocenters. The minimum atomic E-state index is -0.300. The molecule has 17 heavy (non-hydrogen) atoms. The van der Waals surface area contributed by atoms with Crippen molar-refractivity contribution in [3.8, 4) is 0 Å². The number of amides is 1. The molecule has 0 aromatic carbocycles. The van der Waals surface area contributed by atoms with Crippen LogP contribution in [0.5, 0.6) is 0 Å². The van der Waals surface area contributed by atoms with Crippen LogP contribution >= 0.6 is 12.2 Å². The predicted octanol–water partition coefficient (Wildman–Crippen LogP) is 0.0373. The van der Waals surface area contributed by atoms with Crippen molar-refractivity contribution in [2.24, 2.45) is 18.7 Å². The number of nitrogens with one attached hydrogen (secondary N) is 1. The van der Waals surface area contributed by atoms with Gasteiger partial charge in [0.2, 0.25) is 0 Å². The third kappa shape index (κ3) is 3.67. The molecule has 0 aliphatic carbocycles. The van der Waals surface area contributed by atoms with Crippen molar-refractivity contribution < 1.29 is 4.79 Å². The number of aryl methyl sites for hydroxylation is 1. The number of thiocarbonyl (C=S) groups is 1. The standard InChI is InChI=1S/C11H15N3O2S/c1-7(10(12)17)6-13-11(16)8-3-4-14(2)9(15)5-8/h3-5,7H,6H2,1-2H3,(H2,12,17)(H,13,16). The summed E-state index contributed by atoms with van der Waals surface area (Å²) >= 11 is 4.80. The van der Waals surface area contributed by atoms with Gasteiger partial charge in [-0.15, -0.1) is 0 Å². The second kappa shape index (κ2) is 5.58. The monoisotopic (exact) mass is 253 g/mol. The summed E-state index contributed by atoms with van der Waals surface area (Å²) in [5, 5.41) is 2.67. The maximum absolute atomic E-state index is 11.7. The van der Waals surface area contributed by atoms with Crippen LogP contribution in [0.2, 0.25) is 0 Å². The van der Waals surface area contributed by atoms with Crippen LogP contribution in [0.1, 0.15) is 17.3 Å². The molecule has 1 aromatic heterocycles. The van der Waals surface area contributed by atoms with E-state index < -0.39 is 0 Å². The van der Waals surface area contributed by atoms with Gasteiger partial charge in [0.05, 0.1) is 4.99 Å². The van der Waals surface area contributed by atoms with Crippen LogP contribution in [-0.2, 0) is 7.05 Å². The van der Waals surface area contributed by atoms with Crippen molar-refractivity contribution in [1.82, 2.24) is 9.88 Å². The summed E-state index contributed by atoms with van der Waals surface area (Å²) < 4.78 is 1.40. The molecule has 0 bridgehead atoms. The van der Waals surface area contributed by atoms with E-state index in [2.05, 4.69) is 5.32 Å². The van der Waals surface area contributed by atoms with Crippen LogP contribution < -0.4 is 16.6 Å². The van der Waals surface area contributed by atoms with Crippen molar-refractivity contribution in [3.63, 3.8) is 0 Å². The van der Waals surface area contributed by atoms with Gasteiger partial charge in [-0.05, 0) is 6.07 Å². The molecular weight excluding hydrogens is 238 g/mol. The quantitative estimate of drug-likeness (QED) is 0.743. The van der Waals surface area contributed by atoms with Gasteiger partial charge in [-0.25, -0.2) is 0 Å². The summed E-state index contributed by atoms with van der Waals surface area (Å²) in [6.45, 7) is 2.19. The molecule has 5 nitrogen and oxygen atoms in total. The van der Waals surface area contributed by atoms with E-state index in [-0.39, 0.29) is 17.4 Å². The average Bonchev–Trinajstić information content (AvgIpc) is 2.28. The van der Waals surface area contributed by atoms with Gasteiger partial charge in [0.25, 0.3) is 11.5 Å².